The van der Waals surface area contributed by atoms with E-state index in [1.54, 1.807) is 0 Å². The van der Waals surface area contributed by atoms with Gasteiger partial charge < -0.3 is 4.74 Å². The van der Waals surface area contributed by atoms with Crippen LogP contribution in [0.1, 0.15) is 50.4 Å². The quantitative estimate of drug-likeness (QED) is 0.795. The van der Waals surface area contributed by atoms with Crippen LogP contribution in [0.5, 0.6) is 0 Å². The molecule has 0 saturated carbocycles. The van der Waals surface area contributed by atoms with E-state index in [0.717, 1.165) is 25.6 Å². The number of hydrogen-bond donors (Lipinski definition) is 0. The summed E-state index contributed by atoms with van der Waals surface area (Å²) in [6.45, 7) is 10.8. The van der Waals surface area contributed by atoms with Gasteiger partial charge in [0, 0.05) is 25.1 Å². The van der Waals surface area contributed by atoms with Gasteiger partial charge >= 0.3 is 0 Å². The van der Waals surface area contributed by atoms with Gasteiger partial charge in [-0.1, -0.05) is 20.8 Å². The number of rotatable bonds is 2. The lowest BCUT2D eigenvalue weighted by Crippen LogP contribution is -2.19. The molecule has 0 aliphatic carbocycles. The molecule has 1 aliphatic heterocycles. The Morgan fingerprint density at radius 2 is 1.94 bits per heavy atom. The minimum Gasteiger partial charge on any atom is -0.381 e. The van der Waals surface area contributed by atoms with Crippen LogP contribution in [0.25, 0.3) is 0 Å². The standard InChI is InChI=1S/C16H25NO/c1-12-11-17-14(10-15(12)16(2,3)4)9-13-5-7-18-8-6-13/h10-11,13H,5-9H2,1-4H3. The molecule has 0 N–H and O–H groups in total. The van der Waals surface area contributed by atoms with Gasteiger partial charge in [-0.05, 0) is 54.7 Å². The van der Waals surface area contributed by atoms with E-state index >= 15 is 0 Å². The first-order valence-electron chi connectivity index (χ1n) is 7.00. The molecule has 2 heterocycles. The fourth-order valence-corrected chi connectivity index (χ4v) is 2.73. The molecular formula is C16H25NO. The molecule has 1 aromatic rings. The van der Waals surface area contributed by atoms with Gasteiger partial charge in [0.2, 0.25) is 0 Å². The smallest absolute Gasteiger partial charge is 0.0468 e. The number of aromatic nitrogens is 1. The fourth-order valence-electron chi connectivity index (χ4n) is 2.73. The van der Waals surface area contributed by atoms with Crippen LogP contribution in [-0.2, 0) is 16.6 Å². The zero-order valence-corrected chi connectivity index (χ0v) is 12.1. The van der Waals surface area contributed by atoms with E-state index < -0.39 is 0 Å². The van der Waals surface area contributed by atoms with Gasteiger partial charge in [0.25, 0.3) is 0 Å². The third-order valence-electron chi connectivity index (χ3n) is 3.81. The lowest BCUT2D eigenvalue weighted by atomic mass is 9.83. The molecule has 1 fully saturated rings. The molecule has 0 aromatic carbocycles. The average molecular weight is 247 g/mol. The Morgan fingerprint density at radius 3 is 2.56 bits per heavy atom. The molecule has 0 radical (unpaired) electrons. The van der Waals surface area contributed by atoms with Gasteiger partial charge in [-0.2, -0.15) is 0 Å². The summed E-state index contributed by atoms with van der Waals surface area (Å²) in [7, 11) is 0. The van der Waals surface area contributed by atoms with Crippen molar-refractivity contribution in [3.05, 3.63) is 29.1 Å². The molecule has 1 saturated heterocycles. The van der Waals surface area contributed by atoms with E-state index in [2.05, 4.69) is 38.7 Å². The summed E-state index contributed by atoms with van der Waals surface area (Å²) in [6, 6.07) is 2.31. The Kier molecular flexibility index (Phi) is 4.06. The van der Waals surface area contributed by atoms with Crippen LogP contribution >= 0.6 is 0 Å². The van der Waals surface area contributed by atoms with E-state index in [1.807, 2.05) is 6.20 Å². The molecule has 100 valence electrons. The Morgan fingerprint density at radius 1 is 1.28 bits per heavy atom. The first-order chi connectivity index (χ1) is 8.47. The van der Waals surface area contributed by atoms with Gasteiger partial charge in [0.05, 0.1) is 0 Å². The minimum atomic E-state index is 0.206. The summed E-state index contributed by atoms with van der Waals surface area (Å²) < 4.78 is 5.41. The topological polar surface area (TPSA) is 22.1 Å². The summed E-state index contributed by atoms with van der Waals surface area (Å²) in [5, 5.41) is 0. The van der Waals surface area contributed by atoms with Crippen LogP contribution in [0.2, 0.25) is 0 Å². The van der Waals surface area contributed by atoms with Crippen molar-refractivity contribution < 1.29 is 4.74 Å². The Balaban J connectivity index is 2.14. The monoisotopic (exact) mass is 247 g/mol. The third kappa shape index (κ3) is 3.32. The first-order valence-corrected chi connectivity index (χ1v) is 7.00. The molecule has 18 heavy (non-hydrogen) atoms. The van der Waals surface area contributed by atoms with Crippen molar-refractivity contribution in [2.45, 2.75) is 52.4 Å². The average Bonchev–Trinajstić information content (AvgIpc) is 2.31. The van der Waals surface area contributed by atoms with Crippen LogP contribution < -0.4 is 0 Å². The van der Waals surface area contributed by atoms with Crippen molar-refractivity contribution in [3.8, 4) is 0 Å². The molecule has 2 heteroatoms. The van der Waals surface area contributed by atoms with Crippen molar-refractivity contribution in [1.82, 2.24) is 4.98 Å². The largest absolute Gasteiger partial charge is 0.381 e. The maximum atomic E-state index is 5.41. The molecule has 0 unspecified atom stereocenters. The molecule has 0 amide bonds. The summed E-state index contributed by atoms with van der Waals surface area (Å²) in [5.41, 5.74) is 4.19. The normalized spacial score (nSPS) is 18.0. The number of pyridine rings is 1. The number of nitrogens with zero attached hydrogens (tertiary/aromatic N) is 1. The second-order valence-electron chi connectivity index (χ2n) is 6.50. The zero-order valence-electron chi connectivity index (χ0n) is 12.1. The highest BCUT2D eigenvalue weighted by atomic mass is 16.5. The van der Waals surface area contributed by atoms with Gasteiger partial charge in [-0.3, -0.25) is 4.98 Å². The maximum absolute atomic E-state index is 5.41. The Bertz CT molecular complexity index is 400. The maximum Gasteiger partial charge on any atom is 0.0468 e. The van der Waals surface area contributed by atoms with Crippen molar-refractivity contribution in [1.29, 1.82) is 0 Å². The highest BCUT2D eigenvalue weighted by Crippen LogP contribution is 2.27. The summed E-state index contributed by atoms with van der Waals surface area (Å²) in [6.07, 6.45) is 5.50. The minimum absolute atomic E-state index is 0.206. The SMILES string of the molecule is Cc1cnc(CC2CCOCC2)cc1C(C)(C)C. The second-order valence-corrected chi connectivity index (χ2v) is 6.50. The predicted molar refractivity (Wildman–Crippen MR) is 74.9 cm³/mol. The van der Waals surface area contributed by atoms with E-state index in [9.17, 15) is 0 Å². The van der Waals surface area contributed by atoms with E-state index in [1.165, 1.54) is 29.7 Å². The summed E-state index contributed by atoms with van der Waals surface area (Å²) in [4.78, 5) is 4.61. The Labute approximate surface area is 111 Å². The van der Waals surface area contributed by atoms with Gasteiger partial charge in [0.15, 0.2) is 0 Å². The van der Waals surface area contributed by atoms with Crippen LogP contribution in [-0.4, -0.2) is 18.2 Å². The predicted octanol–water partition coefficient (Wildman–Crippen LogP) is 3.66. The van der Waals surface area contributed by atoms with Crippen LogP contribution in [0, 0.1) is 12.8 Å². The van der Waals surface area contributed by atoms with Gasteiger partial charge in [0.1, 0.15) is 0 Å². The highest BCUT2D eigenvalue weighted by molar-refractivity contribution is 5.31. The van der Waals surface area contributed by atoms with Crippen molar-refractivity contribution >= 4 is 0 Å². The first kappa shape index (κ1) is 13.5. The van der Waals surface area contributed by atoms with Crippen molar-refractivity contribution in [2.75, 3.05) is 13.2 Å². The molecule has 1 aliphatic rings. The molecule has 0 bridgehead atoms. The van der Waals surface area contributed by atoms with Crippen LogP contribution in [0.3, 0.4) is 0 Å². The Hall–Kier alpha value is -0.890. The molecule has 1 aromatic heterocycles. The molecular weight excluding hydrogens is 222 g/mol. The number of aryl methyl sites for hydroxylation is 1. The molecule has 2 rings (SSSR count). The summed E-state index contributed by atoms with van der Waals surface area (Å²) >= 11 is 0. The van der Waals surface area contributed by atoms with Gasteiger partial charge in [-0.25, -0.2) is 0 Å². The van der Waals surface area contributed by atoms with Crippen molar-refractivity contribution in [2.24, 2.45) is 5.92 Å². The van der Waals surface area contributed by atoms with Crippen LogP contribution in [0.15, 0.2) is 12.3 Å². The molecule has 2 nitrogen and oxygen atoms in total. The van der Waals surface area contributed by atoms with E-state index in [-0.39, 0.29) is 5.41 Å². The lowest BCUT2D eigenvalue weighted by Gasteiger charge is -2.24. The van der Waals surface area contributed by atoms with Crippen molar-refractivity contribution in [3.63, 3.8) is 0 Å². The highest BCUT2D eigenvalue weighted by Gasteiger charge is 2.19. The van der Waals surface area contributed by atoms with E-state index in [0.29, 0.717) is 0 Å². The lowest BCUT2D eigenvalue weighted by molar-refractivity contribution is 0.0662. The van der Waals surface area contributed by atoms with E-state index in [4.69, 9.17) is 4.74 Å². The van der Waals surface area contributed by atoms with Crippen LogP contribution in [0.4, 0.5) is 0 Å². The number of hydrogen-bond acceptors (Lipinski definition) is 2. The number of ether oxygens (including phenoxy) is 1. The third-order valence-corrected chi connectivity index (χ3v) is 3.81. The zero-order chi connectivity index (χ0) is 13.2. The van der Waals surface area contributed by atoms with Gasteiger partial charge in [-0.15, -0.1) is 0 Å². The molecule has 0 atom stereocenters. The fraction of sp³-hybridized carbons (Fsp3) is 0.688. The second kappa shape index (κ2) is 5.40. The molecule has 0 spiro atoms. The summed E-state index contributed by atoms with van der Waals surface area (Å²) in [5.74, 6) is 0.752.